The third-order valence-corrected chi connectivity index (χ3v) is 10.3. The van der Waals surface area contributed by atoms with Crippen molar-refractivity contribution in [2.24, 2.45) is 0 Å². The van der Waals surface area contributed by atoms with Gasteiger partial charge in [0.1, 0.15) is 0 Å². The van der Waals surface area contributed by atoms with E-state index in [1.54, 1.807) is 0 Å². The lowest BCUT2D eigenvalue weighted by atomic mass is 9.91. The summed E-state index contributed by atoms with van der Waals surface area (Å²) in [6, 6.07) is 53.3. The number of para-hydroxylation sites is 3. The molecule has 2 heterocycles. The molecule has 6 aromatic carbocycles. The van der Waals surface area contributed by atoms with Crippen LogP contribution in [-0.2, 0) is 0 Å². The number of aromatic nitrogens is 1. The standard InChI is InChI=1S/C43H32IN3/c1-29-16-19-33(20-17-29)45(34-21-24-42-38(27-34)36-14-8-9-15-40(36)46(42)31-10-4-2-5-11-31)35-22-25-43-39(28-35)37-26-30(44)18-23-41(37)47(43)32-12-6-3-7-13-32/h2-28,37,41H,1H3. The van der Waals surface area contributed by atoms with Gasteiger partial charge in [-0.25, -0.2) is 0 Å². The van der Waals surface area contributed by atoms with Crippen LogP contribution in [0.2, 0.25) is 0 Å². The molecule has 1 aliphatic heterocycles. The number of anilines is 5. The summed E-state index contributed by atoms with van der Waals surface area (Å²) in [4.78, 5) is 4.92. The van der Waals surface area contributed by atoms with Crippen LogP contribution < -0.4 is 9.80 Å². The topological polar surface area (TPSA) is 11.4 Å². The number of nitrogens with zero attached hydrogens (tertiary/aromatic N) is 3. The molecule has 0 spiro atoms. The fourth-order valence-electron chi connectivity index (χ4n) is 7.48. The Morgan fingerprint density at radius 1 is 0.596 bits per heavy atom. The highest BCUT2D eigenvalue weighted by atomic mass is 127. The first kappa shape index (κ1) is 28.2. The first-order valence-electron chi connectivity index (χ1n) is 16.1. The largest absolute Gasteiger partial charge is 0.333 e. The van der Waals surface area contributed by atoms with Crippen LogP contribution in [0.3, 0.4) is 0 Å². The van der Waals surface area contributed by atoms with Gasteiger partial charge in [-0.3, -0.25) is 0 Å². The van der Waals surface area contributed by atoms with Crippen LogP contribution in [-0.4, -0.2) is 10.6 Å². The lowest BCUT2D eigenvalue weighted by Crippen LogP contribution is -2.28. The average Bonchev–Trinajstić information content (AvgIpc) is 3.62. The predicted molar refractivity (Wildman–Crippen MR) is 207 cm³/mol. The Hall–Kier alpha value is -5.07. The Bertz CT molecular complexity index is 2340. The molecule has 2 atom stereocenters. The van der Waals surface area contributed by atoms with Gasteiger partial charge in [0.25, 0.3) is 0 Å². The lowest BCUT2D eigenvalue weighted by Gasteiger charge is -2.29. The van der Waals surface area contributed by atoms with Gasteiger partial charge < -0.3 is 14.4 Å². The Kier molecular flexibility index (Phi) is 6.79. The highest BCUT2D eigenvalue weighted by Crippen LogP contribution is 2.51. The molecule has 226 valence electrons. The summed E-state index contributed by atoms with van der Waals surface area (Å²) in [6.07, 6.45) is 7.05. The molecule has 0 fully saturated rings. The van der Waals surface area contributed by atoms with Crippen molar-refractivity contribution in [3.63, 3.8) is 0 Å². The van der Waals surface area contributed by atoms with Gasteiger partial charge in [-0.15, -0.1) is 0 Å². The van der Waals surface area contributed by atoms with Gasteiger partial charge in [0.05, 0.1) is 17.1 Å². The smallest absolute Gasteiger partial charge is 0.0630 e. The van der Waals surface area contributed by atoms with Crippen molar-refractivity contribution in [2.45, 2.75) is 18.9 Å². The Balaban J connectivity index is 1.24. The number of hydrogen-bond acceptors (Lipinski definition) is 2. The van der Waals surface area contributed by atoms with Gasteiger partial charge in [0.2, 0.25) is 0 Å². The molecule has 0 radical (unpaired) electrons. The average molecular weight is 718 g/mol. The zero-order valence-corrected chi connectivity index (χ0v) is 28.1. The molecule has 2 aliphatic rings. The zero-order chi connectivity index (χ0) is 31.5. The molecule has 0 saturated heterocycles. The van der Waals surface area contributed by atoms with E-state index >= 15 is 0 Å². The van der Waals surface area contributed by atoms with E-state index < -0.39 is 0 Å². The Morgan fingerprint density at radius 2 is 1.23 bits per heavy atom. The van der Waals surface area contributed by atoms with Crippen molar-refractivity contribution < 1.29 is 0 Å². The second-order valence-electron chi connectivity index (χ2n) is 12.4. The molecular formula is C43H32IN3. The second-order valence-corrected chi connectivity index (χ2v) is 13.7. The van der Waals surface area contributed by atoms with Crippen molar-refractivity contribution in [1.82, 2.24) is 4.57 Å². The van der Waals surface area contributed by atoms with Crippen molar-refractivity contribution in [3.8, 4) is 5.69 Å². The molecule has 1 aliphatic carbocycles. The van der Waals surface area contributed by atoms with Gasteiger partial charge in [0.15, 0.2) is 0 Å². The van der Waals surface area contributed by atoms with Crippen molar-refractivity contribution in [2.75, 3.05) is 9.80 Å². The minimum atomic E-state index is 0.245. The maximum Gasteiger partial charge on any atom is 0.0630 e. The number of aryl methyl sites for hydroxylation is 1. The van der Waals surface area contributed by atoms with E-state index in [1.165, 1.54) is 53.6 Å². The molecule has 2 unspecified atom stereocenters. The van der Waals surface area contributed by atoms with Crippen LogP contribution in [0.5, 0.6) is 0 Å². The van der Waals surface area contributed by atoms with Gasteiger partial charge in [-0.05, 0) is 114 Å². The van der Waals surface area contributed by atoms with E-state index in [-0.39, 0.29) is 12.0 Å². The number of hydrogen-bond donors (Lipinski definition) is 0. The minimum Gasteiger partial charge on any atom is -0.333 e. The van der Waals surface area contributed by atoms with E-state index in [9.17, 15) is 0 Å². The van der Waals surface area contributed by atoms with Crippen LogP contribution in [0.4, 0.5) is 28.4 Å². The SMILES string of the molecule is Cc1ccc(N(c2ccc3c(c2)C2C=C(I)C=CC2N3c2ccccc2)c2ccc3c(c2)c2ccccc2n3-c2ccccc2)cc1. The Labute approximate surface area is 288 Å². The van der Waals surface area contributed by atoms with E-state index in [0.717, 1.165) is 17.1 Å². The number of halogens is 1. The van der Waals surface area contributed by atoms with E-state index in [2.05, 4.69) is 208 Å². The summed E-state index contributed by atoms with van der Waals surface area (Å²) in [5.74, 6) is 0.272. The number of benzene rings is 6. The van der Waals surface area contributed by atoms with Gasteiger partial charge in [-0.1, -0.05) is 90.5 Å². The molecule has 0 N–H and O–H groups in total. The van der Waals surface area contributed by atoms with Gasteiger partial charge >= 0.3 is 0 Å². The highest BCUT2D eigenvalue weighted by molar-refractivity contribution is 14.1. The fourth-order valence-corrected chi connectivity index (χ4v) is 8.08. The van der Waals surface area contributed by atoms with Crippen LogP contribution in [0, 0.1) is 6.92 Å². The van der Waals surface area contributed by atoms with E-state index in [0.29, 0.717) is 0 Å². The van der Waals surface area contributed by atoms with Crippen molar-refractivity contribution in [1.29, 1.82) is 0 Å². The number of rotatable bonds is 5. The second kappa shape index (κ2) is 11.3. The fraction of sp³-hybridized carbons (Fsp3) is 0.0698. The van der Waals surface area contributed by atoms with Crippen LogP contribution in [0.15, 0.2) is 167 Å². The van der Waals surface area contributed by atoms with Crippen LogP contribution in [0.25, 0.3) is 27.5 Å². The van der Waals surface area contributed by atoms with Crippen molar-refractivity contribution in [3.05, 3.63) is 179 Å². The normalized spacial score (nSPS) is 16.7. The number of fused-ring (bicyclic) bond motifs is 6. The predicted octanol–water partition coefficient (Wildman–Crippen LogP) is 12.1. The minimum absolute atomic E-state index is 0.245. The van der Waals surface area contributed by atoms with Gasteiger partial charge in [0, 0.05) is 54.4 Å². The maximum atomic E-state index is 2.50. The molecule has 3 nitrogen and oxygen atoms in total. The Morgan fingerprint density at radius 3 is 2.02 bits per heavy atom. The molecule has 7 aromatic rings. The first-order chi connectivity index (χ1) is 23.1. The van der Waals surface area contributed by atoms with E-state index in [4.69, 9.17) is 0 Å². The molecule has 47 heavy (non-hydrogen) atoms. The lowest BCUT2D eigenvalue weighted by molar-refractivity contribution is 0.744. The summed E-state index contributed by atoms with van der Waals surface area (Å²) in [5.41, 5.74) is 12.1. The third-order valence-electron chi connectivity index (χ3n) is 9.60. The molecule has 4 heteroatoms. The maximum absolute atomic E-state index is 2.50. The zero-order valence-electron chi connectivity index (χ0n) is 26.0. The molecule has 0 saturated carbocycles. The molecule has 0 amide bonds. The monoisotopic (exact) mass is 717 g/mol. The highest BCUT2D eigenvalue weighted by Gasteiger charge is 2.38. The van der Waals surface area contributed by atoms with Crippen molar-refractivity contribution >= 4 is 72.8 Å². The van der Waals surface area contributed by atoms with Crippen LogP contribution >= 0.6 is 22.6 Å². The first-order valence-corrected chi connectivity index (χ1v) is 17.2. The van der Waals surface area contributed by atoms with Crippen LogP contribution in [0.1, 0.15) is 17.0 Å². The summed E-state index contributed by atoms with van der Waals surface area (Å²) in [5, 5.41) is 2.49. The number of allylic oxidation sites excluding steroid dienone is 2. The summed E-state index contributed by atoms with van der Waals surface area (Å²) in [6.45, 7) is 2.15. The molecule has 9 rings (SSSR count). The molecular weight excluding hydrogens is 685 g/mol. The summed E-state index contributed by atoms with van der Waals surface area (Å²) >= 11 is 2.46. The molecule has 0 bridgehead atoms. The summed E-state index contributed by atoms with van der Waals surface area (Å²) < 4.78 is 3.66. The van der Waals surface area contributed by atoms with Gasteiger partial charge in [-0.2, -0.15) is 0 Å². The third kappa shape index (κ3) is 4.70. The summed E-state index contributed by atoms with van der Waals surface area (Å²) in [7, 11) is 0. The quantitative estimate of drug-likeness (QED) is 0.164. The molecule has 1 aromatic heterocycles. The van der Waals surface area contributed by atoms with E-state index in [1.807, 2.05) is 0 Å².